The molecular formula is C13H23N3O3. The quantitative estimate of drug-likeness (QED) is 0.777. The van der Waals surface area contributed by atoms with Gasteiger partial charge in [-0.25, -0.2) is 4.79 Å². The fraction of sp³-hybridized carbons (Fsp3) is 0.846. The van der Waals surface area contributed by atoms with Gasteiger partial charge in [0.2, 0.25) is 0 Å². The van der Waals surface area contributed by atoms with Crippen molar-refractivity contribution in [3.63, 3.8) is 0 Å². The second-order valence-corrected chi connectivity index (χ2v) is 6.23. The van der Waals surface area contributed by atoms with E-state index in [2.05, 4.69) is 19.2 Å². The molecule has 1 unspecified atom stereocenters. The van der Waals surface area contributed by atoms with Crippen molar-refractivity contribution in [3.8, 4) is 0 Å². The van der Waals surface area contributed by atoms with E-state index in [1.54, 1.807) is 4.90 Å². The Labute approximate surface area is 113 Å². The molecule has 0 spiro atoms. The van der Waals surface area contributed by atoms with Crippen molar-refractivity contribution in [1.82, 2.24) is 15.1 Å². The fourth-order valence-electron chi connectivity index (χ4n) is 2.55. The molecule has 6 heteroatoms. The van der Waals surface area contributed by atoms with E-state index in [0.717, 1.165) is 6.54 Å². The molecule has 1 aliphatic carbocycles. The minimum Gasteiger partial charge on any atom is -0.480 e. The lowest BCUT2D eigenvalue weighted by Crippen LogP contribution is -2.52. The molecule has 0 bridgehead atoms. The van der Waals surface area contributed by atoms with Crippen molar-refractivity contribution >= 4 is 12.0 Å². The van der Waals surface area contributed by atoms with Gasteiger partial charge in [0.1, 0.15) is 0 Å². The molecular weight excluding hydrogens is 246 g/mol. The van der Waals surface area contributed by atoms with E-state index in [-0.39, 0.29) is 12.6 Å². The van der Waals surface area contributed by atoms with E-state index in [4.69, 9.17) is 5.11 Å². The van der Waals surface area contributed by atoms with Crippen LogP contribution in [0.25, 0.3) is 0 Å². The van der Waals surface area contributed by atoms with Gasteiger partial charge in [-0.05, 0) is 17.8 Å². The number of carbonyl (C=O) groups is 2. The van der Waals surface area contributed by atoms with E-state index in [9.17, 15) is 9.59 Å². The van der Waals surface area contributed by atoms with Crippen LogP contribution >= 0.6 is 0 Å². The first-order valence-electron chi connectivity index (χ1n) is 6.85. The van der Waals surface area contributed by atoms with Crippen molar-refractivity contribution in [2.45, 2.75) is 20.3 Å². The van der Waals surface area contributed by atoms with Gasteiger partial charge >= 0.3 is 12.0 Å². The first-order valence-corrected chi connectivity index (χ1v) is 6.85. The van der Waals surface area contributed by atoms with E-state index >= 15 is 0 Å². The third kappa shape index (κ3) is 3.83. The lowest BCUT2D eigenvalue weighted by molar-refractivity contribution is -0.138. The number of hydrogen-bond acceptors (Lipinski definition) is 3. The number of nitrogens with zero attached hydrogens (tertiary/aromatic N) is 2. The van der Waals surface area contributed by atoms with Crippen LogP contribution in [0.1, 0.15) is 20.3 Å². The van der Waals surface area contributed by atoms with Gasteiger partial charge in [-0.2, -0.15) is 0 Å². The molecule has 6 nitrogen and oxygen atoms in total. The summed E-state index contributed by atoms with van der Waals surface area (Å²) in [5.41, 5.74) is 0.382. The molecule has 2 aliphatic rings. The van der Waals surface area contributed by atoms with Crippen LogP contribution in [0, 0.1) is 11.3 Å². The highest BCUT2D eigenvalue weighted by molar-refractivity contribution is 5.74. The molecule has 108 valence electrons. The van der Waals surface area contributed by atoms with E-state index < -0.39 is 5.97 Å². The summed E-state index contributed by atoms with van der Waals surface area (Å²) in [7, 11) is 0. The highest BCUT2D eigenvalue weighted by Crippen LogP contribution is 2.50. The van der Waals surface area contributed by atoms with Crippen molar-refractivity contribution in [2.24, 2.45) is 11.3 Å². The molecule has 1 aliphatic heterocycles. The number of rotatable bonds is 4. The zero-order valence-electron chi connectivity index (χ0n) is 11.7. The lowest BCUT2D eigenvalue weighted by Gasteiger charge is -2.33. The van der Waals surface area contributed by atoms with Gasteiger partial charge < -0.3 is 15.3 Å². The van der Waals surface area contributed by atoms with Crippen molar-refractivity contribution in [3.05, 3.63) is 0 Å². The molecule has 0 aromatic carbocycles. The Morgan fingerprint density at radius 1 is 1.26 bits per heavy atom. The van der Waals surface area contributed by atoms with Crippen molar-refractivity contribution in [1.29, 1.82) is 0 Å². The number of carbonyl (C=O) groups excluding carboxylic acids is 1. The lowest BCUT2D eigenvalue weighted by atomic mass is 10.1. The highest BCUT2D eigenvalue weighted by Gasteiger charge is 2.45. The van der Waals surface area contributed by atoms with Gasteiger partial charge in [0.05, 0.1) is 6.54 Å². The normalized spacial score (nSPS) is 26.0. The van der Waals surface area contributed by atoms with Crippen LogP contribution in [0.15, 0.2) is 0 Å². The molecule has 0 radical (unpaired) electrons. The Hall–Kier alpha value is -1.30. The minimum absolute atomic E-state index is 0.0160. The summed E-state index contributed by atoms with van der Waals surface area (Å²) in [6.45, 7) is 7.72. The molecule has 19 heavy (non-hydrogen) atoms. The molecule has 2 fully saturated rings. The number of amides is 2. The second kappa shape index (κ2) is 5.36. The molecule has 2 amide bonds. The van der Waals surface area contributed by atoms with Gasteiger partial charge in [0.25, 0.3) is 0 Å². The molecule has 2 N–H and O–H groups in total. The van der Waals surface area contributed by atoms with Crippen LogP contribution in [-0.4, -0.2) is 66.2 Å². The molecule has 1 saturated carbocycles. The zero-order valence-corrected chi connectivity index (χ0v) is 11.7. The summed E-state index contributed by atoms with van der Waals surface area (Å²) in [6, 6.07) is -0.0160. The molecule has 2 rings (SSSR count). The molecule has 0 aromatic heterocycles. The second-order valence-electron chi connectivity index (χ2n) is 6.23. The monoisotopic (exact) mass is 269 g/mol. The number of carboxylic acid groups (broad SMARTS) is 1. The number of nitrogens with one attached hydrogen (secondary N) is 1. The average molecular weight is 269 g/mol. The van der Waals surface area contributed by atoms with E-state index in [0.29, 0.717) is 37.5 Å². The summed E-state index contributed by atoms with van der Waals surface area (Å²) in [4.78, 5) is 26.2. The number of aliphatic carboxylic acids is 1. The Morgan fingerprint density at radius 3 is 2.32 bits per heavy atom. The highest BCUT2D eigenvalue weighted by atomic mass is 16.4. The van der Waals surface area contributed by atoms with Crippen LogP contribution in [0.2, 0.25) is 0 Å². The number of piperazine rings is 1. The summed E-state index contributed by atoms with van der Waals surface area (Å²) in [5, 5.41) is 11.7. The molecule has 1 heterocycles. The van der Waals surface area contributed by atoms with Crippen LogP contribution in [0.3, 0.4) is 0 Å². The van der Waals surface area contributed by atoms with Gasteiger partial charge in [-0.3, -0.25) is 9.69 Å². The zero-order chi connectivity index (χ0) is 14.0. The summed E-state index contributed by atoms with van der Waals surface area (Å²) < 4.78 is 0. The fourth-order valence-corrected chi connectivity index (χ4v) is 2.55. The maximum atomic E-state index is 12.0. The standard InChI is InChI=1S/C13H23N3O3/c1-13(2)7-10(13)8-14-12(19)16-5-3-15(4-6-16)9-11(17)18/h10H,3-9H2,1-2H3,(H,14,19)(H,17,18). The predicted octanol–water partition coefficient (Wildman–Crippen LogP) is 0.444. The van der Waals surface area contributed by atoms with E-state index in [1.807, 2.05) is 4.90 Å². The van der Waals surface area contributed by atoms with Gasteiger partial charge in [0.15, 0.2) is 0 Å². The van der Waals surface area contributed by atoms with Crippen LogP contribution in [-0.2, 0) is 4.79 Å². The Balaban J connectivity index is 1.66. The van der Waals surface area contributed by atoms with Gasteiger partial charge in [-0.1, -0.05) is 13.8 Å². The maximum Gasteiger partial charge on any atom is 0.317 e. The number of hydrogen-bond donors (Lipinski definition) is 2. The molecule has 1 saturated heterocycles. The van der Waals surface area contributed by atoms with Gasteiger partial charge in [0, 0.05) is 32.7 Å². The predicted molar refractivity (Wildman–Crippen MR) is 70.9 cm³/mol. The third-order valence-corrected chi connectivity index (χ3v) is 4.24. The third-order valence-electron chi connectivity index (χ3n) is 4.24. The summed E-state index contributed by atoms with van der Waals surface area (Å²) in [5.74, 6) is -0.210. The molecule has 1 atom stereocenters. The topological polar surface area (TPSA) is 72.9 Å². The van der Waals surface area contributed by atoms with Crippen LogP contribution in [0.4, 0.5) is 4.79 Å². The smallest absolute Gasteiger partial charge is 0.317 e. The Kier molecular flexibility index (Phi) is 3.99. The van der Waals surface area contributed by atoms with Crippen molar-refractivity contribution < 1.29 is 14.7 Å². The summed E-state index contributed by atoms with van der Waals surface area (Å²) in [6.07, 6.45) is 1.18. The van der Waals surface area contributed by atoms with E-state index in [1.165, 1.54) is 6.42 Å². The Bertz CT molecular complexity index is 362. The van der Waals surface area contributed by atoms with Crippen molar-refractivity contribution in [2.75, 3.05) is 39.3 Å². The minimum atomic E-state index is -0.811. The van der Waals surface area contributed by atoms with Crippen LogP contribution in [0.5, 0.6) is 0 Å². The first-order chi connectivity index (χ1) is 8.88. The van der Waals surface area contributed by atoms with Crippen LogP contribution < -0.4 is 5.32 Å². The van der Waals surface area contributed by atoms with Gasteiger partial charge in [-0.15, -0.1) is 0 Å². The number of urea groups is 1. The molecule has 0 aromatic rings. The SMILES string of the molecule is CC1(C)CC1CNC(=O)N1CCN(CC(=O)O)CC1. The first kappa shape index (κ1) is 14.1. The largest absolute Gasteiger partial charge is 0.480 e. The Morgan fingerprint density at radius 2 is 1.84 bits per heavy atom. The number of carboxylic acids is 1. The average Bonchev–Trinajstić information content (AvgIpc) is 2.94. The maximum absolute atomic E-state index is 12.0. The summed E-state index contributed by atoms with van der Waals surface area (Å²) >= 11 is 0.